The van der Waals surface area contributed by atoms with Crippen molar-refractivity contribution in [3.05, 3.63) is 53.7 Å². The minimum atomic E-state index is -0.608. The molecular formula is C19H18N2O3S. The van der Waals surface area contributed by atoms with E-state index in [0.717, 1.165) is 5.03 Å². The predicted octanol–water partition coefficient (Wildman–Crippen LogP) is 3.05. The van der Waals surface area contributed by atoms with Crippen LogP contribution in [0.2, 0.25) is 0 Å². The summed E-state index contributed by atoms with van der Waals surface area (Å²) in [5.74, 6) is 0.658. The van der Waals surface area contributed by atoms with Gasteiger partial charge < -0.3 is 9.64 Å². The standard InChI is InChI=1S/C19H18N2O3S/c1-25-17-14(6-4-9-20-17)18(23)21-10-8-19(12-21)11-15(22)13-5-2-3-7-16(13)24-19/h2-7,9H,8,10-12H2,1H3/t19-/m1/s1. The van der Waals surface area contributed by atoms with Crippen LogP contribution in [0.4, 0.5) is 0 Å². The highest BCUT2D eigenvalue weighted by atomic mass is 32.2. The van der Waals surface area contributed by atoms with E-state index in [1.165, 1.54) is 11.8 Å². The number of aromatic nitrogens is 1. The van der Waals surface area contributed by atoms with Crippen LogP contribution in [0.25, 0.3) is 0 Å². The number of carbonyl (C=O) groups excluding carboxylic acids is 2. The topological polar surface area (TPSA) is 59.5 Å². The molecule has 2 aliphatic heterocycles. The number of Topliss-reactive ketones (excluding diaryl/α,β-unsaturated/α-hetero) is 1. The zero-order chi connectivity index (χ0) is 17.4. The molecule has 4 rings (SSSR count). The number of likely N-dealkylation sites (tertiary alicyclic amines) is 1. The molecule has 0 bridgehead atoms. The van der Waals surface area contributed by atoms with Crippen LogP contribution in [0.3, 0.4) is 0 Å². The van der Waals surface area contributed by atoms with Gasteiger partial charge in [0.05, 0.1) is 24.1 Å². The third-order valence-corrected chi connectivity index (χ3v) is 5.51. The number of pyridine rings is 1. The van der Waals surface area contributed by atoms with E-state index in [1.807, 2.05) is 24.5 Å². The Labute approximate surface area is 150 Å². The third-order valence-electron chi connectivity index (χ3n) is 4.80. The van der Waals surface area contributed by atoms with Crippen LogP contribution in [0, 0.1) is 0 Å². The summed E-state index contributed by atoms with van der Waals surface area (Å²) in [6.45, 7) is 1.01. The Morgan fingerprint density at radius 1 is 1.28 bits per heavy atom. The lowest BCUT2D eigenvalue weighted by Crippen LogP contribution is -2.45. The van der Waals surface area contributed by atoms with Gasteiger partial charge in [-0.15, -0.1) is 11.8 Å². The molecule has 2 aliphatic rings. The summed E-state index contributed by atoms with van der Waals surface area (Å²) in [4.78, 5) is 31.5. The summed E-state index contributed by atoms with van der Waals surface area (Å²) in [5, 5.41) is 0.722. The lowest BCUT2D eigenvalue weighted by molar-refractivity contribution is 0.0427. The first-order valence-corrected chi connectivity index (χ1v) is 9.44. The number of para-hydroxylation sites is 1. The quantitative estimate of drug-likeness (QED) is 0.776. The molecule has 1 aromatic carbocycles. The predicted molar refractivity (Wildman–Crippen MR) is 95.3 cm³/mol. The summed E-state index contributed by atoms with van der Waals surface area (Å²) >= 11 is 1.46. The van der Waals surface area contributed by atoms with Gasteiger partial charge in [-0.2, -0.15) is 0 Å². The third kappa shape index (κ3) is 2.80. The average molecular weight is 354 g/mol. The molecule has 1 saturated heterocycles. The molecule has 2 aromatic rings. The van der Waals surface area contributed by atoms with E-state index in [9.17, 15) is 9.59 Å². The zero-order valence-corrected chi connectivity index (χ0v) is 14.7. The van der Waals surface area contributed by atoms with Crippen LogP contribution in [0.1, 0.15) is 33.6 Å². The summed E-state index contributed by atoms with van der Waals surface area (Å²) in [6, 6.07) is 10.9. The van der Waals surface area contributed by atoms with Crippen LogP contribution in [0.15, 0.2) is 47.6 Å². The Bertz CT molecular complexity index is 854. The Morgan fingerprint density at radius 3 is 2.96 bits per heavy atom. The molecule has 25 heavy (non-hydrogen) atoms. The van der Waals surface area contributed by atoms with Gasteiger partial charge in [-0.25, -0.2) is 4.98 Å². The smallest absolute Gasteiger partial charge is 0.256 e. The van der Waals surface area contributed by atoms with Crippen molar-refractivity contribution in [2.24, 2.45) is 0 Å². The number of rotatable bonds is 2. The monoisotopic (exact) mass is 354 g/mol. The maximum atomic E-state index is 12.9. The number of amides is 1. The van der Waals surface area contributed by atoms with E-state index in [-0.39, 0.29) is 11.7 Å². The molecule has 3 heterocycles. The largest absolute Gasteiger partial charge is 0.484 e. The first-order valence-electron chi connectivity index (χ1n) is 8.21. The van der Waals surface area contributed by atoms with Crippen molar-refractivity contribution in [1.82, 2.24) is 9.88 Å². The first kappa shape index (κ1) is 16.1. The van der Waals surface area contributed by atoms with E-state index < -0.39 is 5.60 Å². The maximum absolute atomic E-state index is 12.9. The van der Waals surface area contributed by atoms with E-state index in [4.69, 9.17) is 4.74 Å². The second kappa shape index (κ2) is 6.19. The van der Waals surface area contributed by atoms with E-state index in [1.54, 1.807) is 29.3 Å². The normalized spacial score (nSPS) is 22.0. The molecule has 1 amide bonds. The van der Waals surface area contributed by atoms with Crippen molar-refractivity contribution < 1.29 is 14.3 Å². The van der Waals surface area contributed by atoms with Crippen LogP contribution in [-0.4, -0.2) is 46.5 Å². The van der Waals surface area contributed by atoms with Crippen molar-refractivity contribution in [3.8, 4) is 5.75 Å². The molecule has 0 aliphatic carbocycles. The number of ether oxygens (including phenoxy) is 1. The van der Waals surface area contributed by atoms with Gasteiger partial charge >= 0.3 is 0 Å². The Kier molecular flexibility index (Phi) is 4.00. The highest BCUT2D eigenvalue weighted by Gasteiger charge is 2.47. The number of fused-ring (bicyclic) bond motifs is 1. The lowest BCUT2D eigenvalue weighted by atomic mass is 9.89. The molecule has 1 fully saturated rings. The molecule has 0 unspecified atom stereocenters. The molecule has 0 saturated carbocycles. The number of benzene rings is 1. The summed E-state index contributed by atoms with van der Waals surface area (Å²) in [5.41, 5.74) is 0.632. The second-order valence-corrected chi connectivity index (χ2v) is 7.21. The molecule has 1 atom stereocenters. The molecular weight excluding hydrogens is 336 g/mol. The molecule has 6 heteroatoms. The molecule has 1 aromatic heterocycles. The molecule has 1 spiro atoms. The van der Waals surface area contributed by atoms with Crippen molar-refractivity contribution in [2.45, 2.75) is 23.5 Å². The van der Waals surface area contributed by atoms with Gasteiger partial charge in [0, 0.05) is 19.2 Å². The molecule has 0 N–H and O–H groups in total. The average Bonchev–Trinajstić information content (AvgIpc) is 3.04. The highest BCUT2D eigenvalue weighted by Crippen LogP contribution is 2.39. The first-order chi connectivity index (χ1) is 12.1. The number of nitrogens with zero attached hydrogens (tertiary/aromatic N) is 2. The van der Waals surface area contributed by atoms with Gasteiger partial charge in [-0.3, -0.25) is 9.59 Å². The molecule has 128 valence electrons. The zero-order valence-electron chi connectivity index (χ0n) is 13.9. The van der Waals surface area contributed by atoms with Crippen LogP contribution >= 0.6 is 11.8 Å². The SMILES string of the molecule is CSc1ncccc1C(=O)N1CC[C@@]2(CC(=O)c3ccccc3O2)C1. The number of thioether (sulfide) groups is 1. The van der Waals surface area contributed by atoms with Gasteiger partial charge in [0.15, 0.2) is 5.78 Å². The van der Waals surface area contributed by atoms with Crippen molar-refractivity contribution in [2.75, 3.05) is 19.3 Å². The number of hydrogen-bond acceptors (Lipinski definition) is 5. The summed E-state index contributed by atoms with van der Waals surface area (Å²) < 4.78 is 6.19. The summed E-state index contributed by atoms with van der Waals surface area (Å²) in [7, 11) is 0. The minimum absolute atomic E-state index is 0.0516. The van der Waals surface area contributed by atoms with Crippen molar-refractivity contribution in [3.63, 3.8) is 0 Å². The minimum Gasteiger partial charge on any atom is -0.484 e. The summed E-state index contributed by atoms with van der Waals surface area (Å²) in [6.07, 6.45) is 4.57. The fraction of sp³-hybridized carbons (Fsp3) is 0.316. The Morgan fingerprint density at radius 2 is 2.12 bits per heavy atom. The second-order valence-electron chi connectivity index (χ2n) is 6.42. The van der Waals surface area contributed by atoms with Gasteiger partial charge in [0.2, 0.25) is 0 Å². The van der Waals surface area contributed by atoms with Crippen molar-refractivity contribution >= 4 is 23.5 Å². The molecule has 5 nitrogen and oxygen atoms in total. The van der Waals surface area contributed by atoms with Crippen LogP contribution < -0.4 is 4.74 Å². The van der Waals surface area contributed by atoms with Gasteiger partial charge in [-0.1, -0.05) is 12.1 Å². The Balaban J connectivity index is 1.58. The lowest BCUT2D eigenvalue weighted by Gasteiger charge is -2.34. The van der Waals surface area contributed by atoms with Crippen LogP contribution in [-0.2, 0) is 0 Å². The number of hydrogen-bond donors (Lipinski definition) is 0. The Hall–Kier alpha value is -2.34. The maximum Gasteiger partial charge on any atom is 0.256 e. The van der Waals surface area contributed by atoms with E-state index in [2.05, 4.69) is 4.98 Å². The fourth-order valence-corrected chi connectivity index (χ4v) is 4.12. The fourth-order valence-electron chi connectivity index (χ4n) is 3.58. The van der Waals surface area contributed by atoms with Gasteiger partial charge in [-0.05, 0) is 30.5 Å². The van der Waals surface area contributed by atoms with E-state index in [0.29, 0.717) is 42.8 Å². The highest BCUT2D eigenvalue weighted by molar-refractivity contribution is 7.98. The van der Waals surface area contributed by atoms with Crippen molar-refractivity contribution in [1.29, 1.82) is 0 Å². The van der Waals surface area contributed by atoms with E-state index >= 15 is 0 Å². The van der Waals surface area contributed by atoms with Crippen LogP contribution in [0.5, 0.6) is 5.75 Å². The molecule has 0 radical (unpaired) electrons. The number of carbonyl (C=O) groups is 2. The van der Waals surface area contributed by atoms with Gasteiger partial charge in [0.1, 0.15) is 16.4 Å². The number of ketones is 1. The van der Waals surface area contributed by atoms with Gasteiger partial charge in [0.25, 0.3) is 5.91 Å².